The summed E-state index contributed by atoms with van der Waals surface area (Å²) in [4.78, 5) is 0. The van der Waals surface area contributed by atoms with E-state index < -0.39 is 80.2 Å². The maximum atomic E-state index is 11.0. The average Bonchev–Trinajstić information content (AvgIpc) is 2.72. The Kier molecular flexibility index (Phi) is 8.66. The molecule has 2 heterocycles. The van der Waals surface area contributed by atoms with Crippen LogP contribution in [0.1, 0.15) is 39.5 Å². The third-order valence-electron chi connectivity index (χ3n) is 6.55. The van der Waals surface area contributed by atoms with Crippen molar-refractivity contribution in [2.45, 2.75) is 113 Å². The fourth-order valence-corrected chi connectivity index (χ4v) is 4.69. The van der Waals surface area contributed by atoms with E-state index in [2.05, 4.69) is 0 Å². The lowest BCUT2D eigenvalue weighted by Gasteiger charge is -2.47. The summed E-state index contributed by atoms with van der Waals surface area (Å²) in [6, 6.07) is -0.567. The highest BCUT2D eigenvalue weighted by atomic mass is 16.7. The van der Waals surface area contributed by atoms with E-state index in [9.17, 15) is 30.6 Å². The molecule has 1 saturated carbocycles. The number of rotatable bonds is 6. The highest BCUT2D eigenvalue weighted by molar-refractivity contribution is 4.97. The molecule has 2 saturated heterocycles. The minimum Gasteiger partial charge on any atom is -0.394 e. The van der Waals surface area contributed by atoms with Crippen molar-refractivity contribution in [3.05, 3.63) is 0 Å². The van der Waals surface area contributed by atoms with Gasteiger partial charge in [0.15, 0.2) is 12.6 Å². The zero-order valence-corrected chi connectivity index (χ0v) is 17.9. The van der Waals surface area contributed by atoms with Crippen molar-refractivity contribution in [3.8, 4) is 0 Å². The van der Waals surface area contributed by atoms with Gasteiger partial charge < -0.3 is 55.3 Å². The summed E-state index contributed by atoms with van der Waals surface area (Å²) in [5.74, 6) is -0.151. The van der Waals surface area contributed by atoms with Crippen LogP contribution in [-0.4, -0.2) is 111 Å². The molecule has 13 unspecified atom stereocenters. The molecule has 3 rings (SSSR count). The highest BCUT2D eigenvalue weighted by Crippen LogP contribution is 2.34. The third-order valence-corrected chi connectivity index (χ3v) is 6.55. The van der Waals surface area contributed by atoms with Gasteiger partial charge in [-0.1, -0.05) is 13.8 Å². The summed E-state index contributed by atoms with van der Waals surface area (Å²) in [5.41, 5.74) is 6.22. The van der Waals surface area contributed by atoms with Crippen LogP contribution in [0.2, 0.25) is 0 Å². The van der Waals surface area contributed by atoms with Gasteiger partial charge >= 0.3 is 0 Å². The van der Waals surface area contributed by atoms with E-state index >= 15 is 0 Å². The van der Waals surface area contributed by atoms with Gasteiger partial charge in [-0.05, 0) is 18.8 Å². The molecule has 0 aromatic heterocycles. The summed E-state index contributed by atoms with van der Waals surface area (Å²) >= 11 is 0. The van der Waals surface area contributed by atoms with E-state index in [0.717, 1.165) is 0 Å². The summed E-state index contributed by atoms with van der Waals surface area (Å²) in [6.07, 6.45) is -9.53. The maximum Gasteiger partial charge on any atom is 0.184 e. The average molecular weight is 452 g/mol. The summed E-state index contributed by atoms with van der Waals surface area (Å²) in [5, 5.41) is 60.6. The monoisotopic (exact) mass is 451 g/mol. The maximum absolute atomic E-state index is 11.0. The largest absolute Gasteiger partial charge is 0.394 e. The Morgan fingerprint density at radius 2 is 1.55 bits per heavy atom. The fourth-order valence-electron chi connectivity index (χ4n) is 4.69. The Bertz CT molecular complexity index is 570. The zero-order chi connectivity index (χ0) is 22.9. The molecule has 0 bridgehead atoms. The molecule has 3 fully saturated rings. The molecule has 0 radical (unpaired) electrons. The summed E-state index contributed by atoms with van der Waals surface area (Å²) in [6.45, 7) is 3.26. The lowest BCUT2D eigenvalue weighted by molar-refractivity contribution is -0.317. The van der Waals surface area contributed by atoms with Crippen molar-refractivity contribution in [1.82, 2.24) is 0 Å². The molecule has 31 heavy (non-hydrogen) atoms. The molecule has 8 N–H and O–H groups in total. The molecule has 11 nitrogen and oxygen atoms in total. The molecule has 0 amide bonds. The van der Waals surface area contributed by atoms with Crippen LogP contribution in [0, 0.1) is 5.92 Å². The van der Waals surface area contributed by atoms with Crippen molar-refractivity contribution in [2.75, 3.05) is 6.61 Å². The molecule has 11 heteroatoms. The van der Waals surface area contributed by atoms with E-state index in [-0.39, 0.29) is 18.8 Å². The molecule has 3 aliphatic rings. The van der Waals surface area contributed by atoms with Crippen LogP contribution >= 0.6 is 0 Å². The number of hydrogen-bond acceptors (Lipinski definition) is 11. The van der Waals surface area contributed by atoms with Gasteiger partial charge in [-0.15, -0.1) is 0 Å². The smallest absolute Gasteiger partial charge is 0.184 e. The van der Waals surface area contributed by atoms with Crippen LogP contribution in [0.4, 0.5) is 0 Å². The summed E-state index contributed by atoms with van der Waals surface area (Å²) < 4.78 is 23.0. The minimum atomic E-state index is -1.18. The Labute approximate surface area is 181 Å². The van der Waals surface area contributed by atoms with E-state index in [1.807, 2.05) is 13.8 Å². The fraction of sp³-hybridized carbons (Fsp3) is 1.00. The molecule has 0 aromatic rings. The van der Waals surface area contributed by atoms with Crippen LogP contribution in [0.3, 0.4) is 0 Å². The van der Waals surface area contributed by atoms with Gasteiger partial charge in [0.25, 0.3) is 0 Å². The molecule has 0 aromatic carbocycles. The Balaban J connectivity index is 1.66. The van der Waals surface area contributed by atoms with Crippen LogP contribution in [0.15, 0.2) is 0 Å². The number of ether oxygens (including phenoxy) is 4. The zero-order valence-electron chi connectivity index (χ0n) is 17.9. The normalized spacial score (nSPS) is 51.6. The Morgan fingerprint density at radius 3 is 2.19 bits per heavy atom. The van der Waals surface area contributed by atoms with Gasteiger partial charge in [-0.25, -0.2) is 0 Å². The molecular weight excluding hydrogens is 414 g/mol. The van der Waals surface area contributed by atoms with Gasteiger partial charge in [0, 0.05) is 18.9 Å². The first kappa shape index (κ1) is 25.2. The second-order valence-electron chi connectivity index (χ2n) is 8.97. The Hall–Kier alpha value is -0.440. The minimum absolute atomic E-state index is 0.0428. The number of nitrogens with two attached hydrogens (primary N) is 1. The molecule has 182 valence electrons. The third kappa shape index (κ3) is 5.56. The number of aliphatic hydroxyl groups excluding tert-OH is 6. The standard InChI is InChI=1S/C20H37NO10/c1-3-13-16(26)11(24)6-15(28-13)30-18-8(2)4-9(21)19(17(18)27)31-20-12(25)5-10(23)14(7-22)29-20/h8-20,22-27H,3-7,21H2,1-2H3. The van der Waals surface area contributed by atoms with Crippen LogP contribution in [0.25, 0.3) is 0 Å². The van der Waals surface area contributed by atoms with Crippen molar-refractivity contribution in [1.29, 1.82) is 0 Å². The summed E-state index contributed by atoms with van der Waals surface area (Å²) in [7, 11) is 0. The van der Waals surface area contributed by atoms with Crippen molar-refractivity contribution >= 4 is 0 Å². The number of aliphatic hydroxyl groups is 6. The molecule has 1 aliphatic carbocycles. The van der Waals surface area contributed by atoms with Gasteiger partial charge in [0.05, 0.1) is 31.0 Å². The van der Waals surface area contributed by atoms with E-state index in [1.54, 1.807) is 0 Å². The first-order chi connectivity index (χ1) is 14.7. The molecule has 13 atom stereocenters. The lowest BCUT2D eigenvalue weighted by Crippen LogP contribution is -2.62. The van der Waals surface area contributed by atoms with Crippen molar-refractivity contribution < 1.29 is 49.6 Å². The van der Waals surface area contributed by atoms with E-state index in [4.69, 9.17) is 24.7 Å². The highest BCUT2D eigenvalue weighted by Gasteiger charge is 2.48. The first-order valence-corrected chi connectivity index (χ1v) is 11.0. The van der Waals surface area contributed by atoms with Gasteiger partial charge in [0.1, 0.15) is 30.5 Å². The second-order valence-corrected chi connectivity index (χ2v) is 8.97. The van der Waals surface area contributed by atoms with E-state index in [0.29, 0.717) is 12.8 Å². The van der Waals surface area contributed by atoms with Crippen LogP contribution < -0.4 is 5.73 Å². The quantitative estimate of drug-likeness (QED) is 0.228. The molecular formula is C20H37NO10. The van der Waals surface area contributed by atoms with Crippen LogP contribution in [-0.2, 0) is 18.9 Å². The predicted octanol–water partition coefficient (Wildman–Crippen LogP) is -2.44. The second kappa shape index (κ2) is 10.7. The van der Waals surface area contributed by atoms with Gasteiger partial charge in [0.2, 0.25) is 0 Å². The molecule has 2 aliphatic heterocycles. The topological polar surface area (TPSA) is 184 Å². The van der Waals surface area contributed by atoms with Crippen molar-refractivity contribution in [3.63, 3.8) is 0 Å². The van der Waals surface area contributed by atoms with Crippen LogP contribution in [0.5, 0.6) is 0 Å². The van der Waals surface area contributed by atoms with Gasteiger partial charge in [-0.3, -0.25) is 0 Å². The Morgan fingerprint density at radius 1 is 0.839 bits per heavy atom. The predicted molar refractivity (Wildman–Crippen MR) is 105 cm³/mol. The molecule has 0 spiro atoms. The number of hydrogen-bond donors (Lipinski definition) is 7. The lowest BCUT2D eigenvalue weighted by atomic mass is 9.80. The first-order valence-electron chi connectivity index (χ1n) is 11.0. The van der Waals surface area contributed by atoms with E-state index in [1.165, 1.54) is 0 Å². The van der Waals surface area contributed by atoms with Gasteiger partial charge in [-0.2, -0.15) is 0 Å². The van der Waals surface area contributed by atoms with Crippen molar-refractivity contribution in [2.24, 2.45) is 11.7 Å². The SMILES string of the molecule is CCC1OC(OC2C(C)CC(N)C(OC3OC(CO)C(O)CC3O)C2O)CC(O)C1O.